The van der Waals surface area contributed by atoms with E-state index >= 15 is 0 Å². The molecule has 1 aliphatic rings. The first-order valence-electron chi connectivity index (χ1n) is 9.71. The molecule has 1 amide bonds. The molecule has 0 aliphatic carbocycles. The van der Waals surface area contributed by atoms with E-state index in [-0.39, 0.29) is 0 Å². The molecule has 0 atom stereocenters. The van der Waals surface area contributed by atoms with Crippen molar-refractivity contribution in [1.29, 1.82) is 0 Å². The number of anilines is 3. The first-order chi connectivity index (χ1) is 14.7. The summed E-state index contributed by atoms with van der Waals surface area (Å²) in [5, 5.41) is 2.64. The van der Waals surface area contributed by atoms with Gasteiger partial charge in [-0.05, 0) is 36.4 Å². The summed E-state index contributed by atoms with van der Waals surface area (Å²) in [6.07, 6.45) is 2.60. The number of para-hydroxylation sites is 1. The molecule has 1 saturated heterocycles. The van der Waals surface area contributed by atoms with Crippen molar-refractivity contribution in [2.75, 3.05) is 48.4 Å². The summed E-state index contributed by atoms with van der Waals surface area (Å²) < 4.78 is 10.4. The lowest BCUT2D eigenvalue weighted by molar-refractivity contribution is 0.215. The van der Waals surface area contributed by atoms with Gasteiger partial charge >= 0.3 is 6.09 Å². The molecule has 8 heteroatoms. The van der Waals surface area contributed by atoms with Gasteiger partial charge in [-0.15, -0.1) is 0 Å². The van der Waals surface area contributed by atoms with Crippen LogP contribution < -0.4 is 24.6 Å². The van der Waals surface area contributed by atoms with Crippen LogP contribution >= 0.6 is 0 Å². The van der Waals surface area contributed by atoms with E-state index in [1.807, 2.05) is 18.2 Å². The third-order valence-electron chi connectivity index (χ3n) is 4.84. The number of benzene rings is 2. The van der Waals surface area contributed by atoms with Crippen molar-refractivity contribution in [3.8, 4) is 11.5 Å². The lowest BCUT2D eigenvalue weighted by Crippen LogP contribution is -2.47. The molecule has 154 valence electrons. The van der Waals surface area contributed by atoms with Gasteiger partial charge in [-0.1, -0.05) is 18.2 Å². The standard InChI is InChI=1S/C22H23N5O3/c1-29-19-9-7-18(8-10-19)26-11-13-27(14-12-26)21-23-15-17(16-24-21)25-22(28)30-20-5-3-2-4-6-20/h2-10,15-16H,11-14H2,1H3,(H,25,28). The Hall–Kier alpha value is -3.81. The summed E-state index contributed by atoms with van der Waals surface area (Å²) in [4.78, 5) is 25.2. The molecular weight excluding hydrogens is 382 g/mol. The van der Waals surface area contributed by atoms with E-state index in [0.29, 0.717) is 17.4 Å². The van der Waals surface area contributed by atoms with Gasteiger partial charge in [0.2, 0.25) is 5.95 Å². The second-order valence-corrected chi connectivity index (χ2v) is 6.77. The summed E-state index contributed by atoms with van der Waals surface area (Å²) in [5.74, 6) is 1.97. The van der Waals surface area contributed by atoms with Gasteiger partial charge < -0.3 is 19.3 Å². The molecule has 1 aromatic heterocycles. The quantitative estimate of drug-likeness (QED) is 0.697. The minimum atomic E-state index is -0.578. The van der Waals surface area contributed by atoms with Crippen LogP contribution in [0.25, 0.3) is 0 Å². The van der Waals surface area contributed by atoms with Crippen LogP contribution in [0.15, 0.2) is 67.0 Å². The van der Waals surface area contributed by atoms with Crippen molar-refractivity contribution in [2.45, 2.75) is 0 Å². The van der Waals surface area contributed by atoms with Crippen LogP contribution in [0, 0.1) is 0 Å². The first-order valence-corrected chi connectivity index (χ1v) is 9.71. The Balaban J connectivity index is 1.29. The fraction of sp³-hybridized carbons (Fsp3) is 0.227. The predicted octanol–water partition coefficient (Wildman–Crippen LogP) is 3.42. The molecule has 1 fully saturated rings. The minimum Gasteiger partial charge on any atom is -0.497 e. The lowest BCUT2D eigenvalue weighted by atomic mass is 10.2. The van der Waals surface area contributed by atoms with Crippen LogP contribution in [0.4, 0.5) is 22.1 Å². The molecule has 0 saturated carbocycles. The molecule has 0 bridgehead atoms. The molecular formula is C22H23N5O3. The summed E-state index contributed by atoms with van der Waals surface area (Å²) in [7, 11) is 1.67. The van der Waals surface area contributed by atoms with E-state index in [4.69, 9.17) is 9.47 Å². The highest BCUT2D eigenvalue weighted by Crippen LogP contribution is 2.22. The largest absolute Gasteiger partial charge is 0.497 e. The third kappa shape index (κ3) is 4.78. The third-order valence-corrected chi connectivity index (χ3v) is 4.84. The Labute approximate surface area is 175 Å². The second-order valence-electron chi connectivity index (χ2n) is 6.77. The number of nitrogens with zero attached hydrogens (tertiary/aromatic N) is 4. The fourth-order valence-electron chi connectivity index (χ4n) is 3.25. The van der Waals surface area contributed by atoms with Gasteiger partial charge in [0.05, 0.1) is 25.2 Å². The van der Waals surface area contributed by atoms with Gasteiger partial charge in [0.15, 0.2) is 0 Å². The van der Waals surface area contributed by atoms with Gasteiger partial charge in [-0.3, -0.25) is 5.32 Å². The molecule has 0 unspecified atom stereocenters. The number of piperazine rings is 1. The summed E-state index contributed by atoms with van der Waals surface area (Å²) >= 11 is 0. The number of hydrogen-bond acceptors (Lipinski definition) is 7. The molecule has 3 aromatic rings. The van der Waals surface area contributed by atoms with Crippen LogP contribution in [-0.2, 0) is 0 Å². The number of ether oxygens (including phenoxy) is 2. The summed E-state index contributed by atoms with van der Waals surface area (Å²) in [6.45, 7) is 3.38. The van der Waals surface area contributed by atoms with Crippen LogP contribution in [0.5, 0.6) is 11.5 Å². The van der Waals surface area contributed by atoms with Gasteiger partial charge in [0.25, 0.3) is 0 Å². The number of rotatable bonds is 5. The Morgan fingerprint density at radius 2 is 1.50 bits per heavy atom. The fourth-order valence-corrected chi connectivity index (χ4v) is 3.25. The molecule has 4 rings (SSSR count). The molecule has 8 nitrogen and oxygen atoms in total. The first kappa shape index (κ1) is 19.5. The van der Waals surface area contributed by atoms with Crippen molar-refractivity contribution < 1.29 is 14.3 Å². The number of nitrogens with one attached hydrogen (secondary N) is 1. The summed E-state index contributed by atoms with van der Waals surface area (Å²) in [6, 6.07) is 17.0. The van der Waals surface area contributed by atoms with Gasteiger partial charge in [-0.25, -0.2) is 14.8 Å². The SMILES string of the molecule is COc1ccc(N2CCN(c3ncc(NC(=O)Oc4ccccc4)cn3)CC2)cc1. The number of hydrogen-bond donors (Lipinski definition) is 1. The van der Waals surface area contributed by atoms with Crippen LogP contribution in [0.2, 0.25) is 0 Å². The zero-order valence-corrected chi connectivity index (χ0v) is 16.7. The van der Waals surface area contributed by atoms with Crippen molar-refractivity contribution in [3.05, 3.63) is 67.0 Å². The van der Waals surface area contributed by atoms with Crippen LogP contribution in [0.3, 0.4) is 0 Å². The lowest BCUT2D eigenvalue weighted by Gasteiger charge is -2.36. The van der Waals surface area contributed by atoms with Crippen LogP contribution in [-0.4, -0.2) is 49.4 Å². The maximum absolute atomic E-state index is 12.0. The van der Waals surface area contributed by atoms with E-state index < -0.39 is 6.09 Å². The maximum atomic E-state index is 12.0. The molecule has 1 aliphatic heterocycles. The number of methoxy groups -OCH3 is 1. The normalized spacial score (nSPS) is 13.6. The van der Waals surface area contributed by atoms with E-state index in [0.717, 1.165) is 31.9 Å². The highest BCUT2D eigenvalue weighted by atomic mass is 16.6. The van der Waals surface area contributed by atoms with Crippen molar-refractivity contribution in [1.82, 2.24) is 9.97 Å². The van der Waals surface area contributed by atoms with E-state index in [9.17, 15) is 4.79 Å². The van der Waals surface area contributed by atoms with E-state index in [2.05, 4.69) is 37.2 Å². The molecule has 2 heterocycles. The molecule has 0 spiro atoms. The number of amides is 1. The topological polar surface area (TPSA) is 79.8 Å². The van der Waals surface area contributed by atoms with E-state index in [1.54, 1.807) is 43.8 Å². The Kier molecular flexibility index (Phi) is 5.93. The van der Waals surface area contributed by atoms with Crippen molar-refractivity contribution in [3.63, 3.8) is 0 Å². The predicted molar refractivity (Wildman–Crippen MR) is 116 cm³/mol. The number of aromatic nitrogens is 2. The highest BCUT2D eigenvalue weighted by Gasteiger charge is 2.19. The number of carbonyl (C=O) groups excluding carboxylic acids is 1. The molecule has 30 heavy (non-hydrogen) atoms. The van der Waals surface area contributed by atoms with Gasteiger partial charge in [0.1, 0.15) is 11.5 Å². The Morgan fingerprint density at radius 1 is 0.867 bits per heavy atom. The average molecular weight is 405 g/mol. The monoisotopic (exact) mass is 405 g/mol. The minimum absolute atomic E-state index is 0.474. The second kappa shape index (κ2) is 9.13. The smallest absolute Gasteiger partial charge is 0.417 e. The average Bonchev–Trinajstić information content (AvgIpc) is 2.80. The highest BCUT2D eigenvalue weighted by molar-refractivity contribution is 5.85. The van der Waals surface area contributed by atoms with Gasteiger partial charge in [0, 0.05) is 31.9 Å². The maximum Gasteiger partial charge on any atom is 0.417 e. The van der Waals surface area contributed by atoms with Gasteiger partial charge in [-0.2, -0.15) is 0 Å². The number of carbonyl (C=O) groups is 1. The van der Waals surface area contributed by atoms with E-state index in [1.165, 1.54) is 5.69 Å². The van der Waals surface area contributed by atoms with Crippen LogP contribution in [0.1, 0.15) is 0 Å². The molecule has 1 N–H and O–H groups in total. The molecule has 2 aromatic carbocycles. The Bertz CT molecular complexity index is 956. The zero-order valence-electron chi connectivity index (χ0n) is 16.7. The zero-order chi connectivity index (χ0) is 20.8. The Morgan fingerprint density at radius 3 is 2.13 bits per heavy atom. The van der Waals surface area contributed by atoms with Crippen molar-refractivity contribution in [2.24, 2.45) is 0 Å². The summed E-state index contributed by atoms with van der Waals surface area (Å²) in [5.41, 5.74) is 1.66. The van der Waals surface area contributed by atoms with Crippen molar-refractivity contribution >= 4 is 23.4 Å². The molecule has 0 radical (unpaired) electrons.